The van der Waals surface area contributed by atoms with Gasteiger partial charge in [-0.05, 0) is 19.1 Å². The zero-order valence-electron chi connectivity index (χ0n) is 7.88. The topological polar surface area (TPSA) is 96.4 Å². The van der Waals surface area contributed by atoms with Crippen molar-refractivity contribution in [3.63, 3.8) is 0 Å². The van der Waals surface area contributed by atoms with E-state index in [4.69, 9.17) is 5.11 Å². The molecule has 0 amide bonds. The zero-order chi connectivity index (χ0) is 11.4. The first-order valence-electron chi connectivity index (χ1n) is 4.10. The molecule has 0 aromatic carbocycles. The van der Waals surface area contributed by atoms with E-state index >= 15 is 0 Å². The third kappa shape index (κ3) is 3.18. The number of hydrogen-bond acceptors (Lipinski definition) is 5. The molecule has 0 aliphatic heterocycles. The van der Waals surface area contributed by atoms with Crippen molar-refractivity contribution in [2.75, 3.05) is 5.32 Å². The normalized spacial score (nSPS) is 11.8. The Kier molecular flexibility index (Phi) is 3.57. The van der Waals surface area contributed by atoms with Crippen LogP contribution in [0.25, 0.3) is 0 Å². The Bertz CT molecular complexity index is 419. The molecule has 0 radical (unpaired) electrons. The highest BCUT2D eigenvalue weighted by atomic mass is 31.1. The van der Waals surface area contributed by atoms with Gasteiger partial charge < -0.3 is 10.4 Å². The number of nitrogens with one attached hydrogen (secondary N) is 1. The summed E-state index contributed by atoms with van der Waals surface area (Å²) in [5.74, 6) is -0.679. The maximum Gasteiger partial charge on any atom is 0.350 e. The molecule has 1 heterocycles. The Morgan fingerprint density at radius 1 is 1.53 bits per heavy atom. The highest BCUT2D eigenvalue weighted by Gasteiger charge is 2.10. The van der Waals surface area contributed by atoms with E-state index in [1.165, 1.54) is 25.3 Å². The lowest BCUT2D eigenvalue weighted by molar-refractivity contribution is -0.137. The number of pyridine rings is 1. The molecule has 1 rings (SSSR count). The minimum absolute atomic E-state index is 0.0959. The number of carboxylic acids is 1. The lowest BCUT2D eigenvalue weighted by Crippen LogP contribution is -2.25. The SMILES string of the molecule is CC(Nc1ccc(P(=O)=O)cn1)C(=O)O. The van der Waals surface area contributed by atoms with Gasteiger partial charge in [0.25, 0.3) is 0 Å². The summed E-state index contributed by atoms with van der Waals surface area (Å²) in [6, 6.07) is 2.00. The molecule has 0 saturated heterocycles. The van der Waals surface area contributed by atoms with E-state index in [0.717, 1.165) is 0 Å². The van der Waals surface area contributed by atoms with Crippen molar-refractivity contribution in [3.8, 4) is 0 Å². The molecule has 15 heavy (non-hydrogen) atoms. The van der Waals surface area contributed by atoms with Crippen LogP contribution in [0.4, 0.5) is 5.82 Å². The maximum atomic E-state index is 10.5. The summed E-state index contributed by atoms with van der Waals surface area (Å²) in [5, 5.41) is 11.3. The Labute approximate surface area is 86.2 Å². The Balaban J connectivity index is 2.77. The van der Waals surface area contributed by atoms with Crippen molar-refractivity contribution in [1.29, 1.82) is 0 Å². The van der Waals surface area contributed by atoms with E-state index in [-0.39, 0.29) is 5.30 Å². The molecule has 1 atom stereocenters. The van der Waals surface area contributed by atoms with Crippen LogP contribution in [-0.2, 0) is 13.9 Å². The van der Waals surface area contributed by atoms with Gasteiger partial charge in [0, 0.05) is 6.20 Å². The van der Waals surface area contributed by atoms with Gasteiger partial charge in [-0.25, -0.2) is 14.1 Å². The van der Waals surface area contributed by atoms with E-state index in [0.29, 0.717) is 5.82 Å². The van der Waals surface area contributed by atoms with Gasteiger partial charge in [0.05, 0.1) is 5.30 Å². The first-order chi connectivity index (χ1) is 7.00. The van der Waals surface area contributed by atoms with E-state index in [2.05, 4.69) is 10.3 Å². The summed E-state index contributed by atoms with van der Waals surface area (Å²) in [6.45, 7) is 1.46. The van der Waals surface area contributed by atoms with Crippen LogP contribution in [0.15, 0.2) is 18.3 Å². The van der Waals surface area contributed by atoms with E-state index in [9.17, 15) is 13.9 Å². The fraction of sp³-hybridized carbons (Fsp3) is 0.250. The van der Waals surface area contributed by atoms with Gasteiger partial charge in [-0.3, -0.25) is 4.79 Å². The Morgan fingerprint density at radius 3 is 2.60 bits per heavy atom. The van der Waals surface area contributed by atoms with Gasteiger partial charge in [0.15, 0.2) is 0 Å². The molecule has 80 valence electrons. The van der Waals surface area contributed by atoms with Crippen LogP contribution in [0.5, 0.6) is 0 Å². The highest BCUT2D eigenvalue weighted by molar-refractivity contribution is 7.40. The minimum Gasteiger partial charge on any atom is -0.480 e. The van der Waals surface area contributed by atoms with Crippen LogP contribution in [-0.4, -0.2) is 22.1 Å². The number of hydrogen-bond donors (Lipinski definition) is 2. The van der Waals surface area contributed by atoms with Crippen molar-refractivity contribution in [2.24, 2.45) is 0 Å². The quantitative estimate of drug-likeness (QED) is 0.738. The van der Waals surface area contributed by atoms with Crippen molar-refractivity contribution in [3.05, 3.63) is 18.3 Å². The number of aliphatic carboxylic acids is 1. The molecule has 0 bridgehead atoms. The third-order valence-corrected chi connectivity index (χ3v) is 2.38. The molecule has 0 aliphatic carbocycles. The summed E-state index contributed by atoms with van der Waals surface area (Å²) in [7, 11) is -2.65. The largest absolute Gasteiger partial charge is 0.480 e. The van der Waals surface area contributed by atoms with Gasteiger partial charge in [0.1, 0.15) is 11.9 Å². The van der Waals surface area contributed by atoms with Crippen molar-refractivity contribution in [1.82, 2.24) is 4.98 Å². The number of aromatic nitrogens is 1. The molecule has 2 N–H and O–H groups in total. The standard InChI is InChI=1S/C8H9N2O4P/c1-5(8(11)12)10-7-3-2-6(4-9-7)15(13)14/h2-5H,1H3,(H,9,10)(H,11,12). The van der Waals surface area contributed by atoms with Gasteiger partial charge in [-0.1, -0.05) is 0 Å². The highest BCUT2D eigenvalue weighted by Crippen LogP contribution is 2.07. The van der Waals surface area contributed by atoms with Gasteiger partial charge in [-0.15, -0.1) is 0 Å². The maximum absolute atomic E-state index is 10.5. The van der Waals surface area contributed by atoms with Crippen LogP contribution in [0, 0.1) is 0 Å². The summed E-state index contributed by atoms with van der Waals surface area (Å²) in [6.07, 6.45) is 1.17. The smallest absolute Gasteiger partial charge is 0.350 e. The molecule has 1 aromatic rings. The molecule has 7 heteroatoms. The number of rotatable bonds is 4. The van der Waals surface area contributed by atoms with Crippen molar-refractivity contribution < 1.29 is 19.0 Å². The minimum atomic E-state index is -2.65. The molecule has 0 fully saturated rings. The lowest BCUT2D eigenvalue weighted by Gasteiger charge is -2.08. The Morgan fingerprint density at radius 2 is 2.20 bits per heavy atom. The van der Waals surface area contributed by atoms with Gasteiger partial charge >= 0.3 is 13.6 Å². The zero-order valence-corrected chi connectivity index (χ0v) is 8.77. The predicted molar refractivity (Wildman–Crippen MR) is 52.9 cm³/mol. The summed E-state index contributed by atoms with van der Waals surface area (Å²) in [5.41, 5.74) is 0. The van der Waals surface area contributed by atoms with E-state index < -0.39 is 19.7 Å². The molecule has 1 unspecified atom stereocenters. The molecular weight excluding hydrogens is 219 g/mol. The van der Waals surface area contributed by atoms with Crippen LogP contribution >= 0.6 is 7.68 Å². The van der Waals surface area contributed by atoms with E-state index in [1.807, 2.05) is 0 Å². The molecule has 0 saturated carbocycles. The molecule has 0 spiro atoms. The van der Waals surface area contributed by atoms with Crippen LogP contribution in [0.2, 0.25) is 0 Å². The van der Waals surface area contributed by atoms with Crippen LogP contribution in [0.3, 0.4) is 0 Å². The second kappa shape index (κ2) is 4.70. The third-order valence-electron chi connectivity index (χ3n) is 1.69. The van der Waals surface area contributed by atoms with Gasteiger partial charge in [0.2, 0.25) is 0 Å². The van der Waals surface area contributed by atoms with Crippen molar-refractivity contribution >= 4 is 24.8 Å². The summed E-state index contributed by atoms with van der Waals surface area (Å²) in [4.78, 5) is 14.3. The number of anilines is 1. The predicted octanol–water partition coefficient (Wildman–Crippen LogP) is 0.765. The second-order valence-electron chi connectivity index (χ2n) is 2.86. The number of carboxylic acid groups (broad SMARTS) is 1. The van der Waals surface area contributed by atoms with E-state index in [1.54, 1.807) is 0 Å². The lowest BCUT2D eigenvalue weighted by atomic mass is 10.3. The number of carbonyl (C=O) groups is 1. The number of nitrogens with zero attached hydrogens (tertiary/aromatic N) is 1. The summed E-state index contributed by atoms with van der Waals surface area (Å²) >= 11 is 0. The fourth-order valence-electron chi connectivity index (χ4n) is 0.863. The van der Waals surface area contributed by atoms with Gasteiger partial charge in [-0.2, -0.15) is 0 Å². The fourth-order valence-corrected chi connectivity index (χ4v) is 1.21. The molecular formula is C8H9N2O4P. The summed E-state index contributed by atoms with van der Waals surface area (Å²) < 4.78 is 21.1. The monoisotopic (exact) mass is 228 g/mol. The van der Waals surface area contributed by atoms with Crippen molar-refractivity contribution in [2.45, 2.75) is 13.0 Å². The van der Waals surface area contributed by atoms with Crippen LogP contribution in [0.1, 0.15) is 6.92 Å². The molecule has 0 aliphatic rings. The first kappa shape index (κ1) is 11.4. The second-order valence-corrected chi connectivity index (χ2v) is 3.89. The molecule has 1 aromatic heterocycles. The Hall–Kier alpha value is -1.68. The average molecular weight is 228 g/mol. The molecule has 6 nitrogen and oxygen atoms in total. The van der Waals surface area contributed by atoms with Crippen LogP contribution < -0.4 is 10.6 Å². The first-order valence-corrected chi connectivity index (χ1v) is 5.28. The average Bonchev–Trinajstić information content (AvgIpc) is 2.18.